The Labute approximate surface area is 295 Å². The normalized spacial score (nSPS) is 10.4. The fourth-order valence-electron chi connectivity index (χ4n) is 4.96. The highest BCUT2D eigenvalue weighted by molar-refractivity contribution is 6.10. The largest absolute Gasteiger partial charge is 0.451 e. The Morgan fingerprint density at radius 2 is 1.44 bits per heavy atom. The first-order chi connectivity index (χ1) is 22.8. The summed E-state index contributed by atoms with van der Waals surface area (Å²) in [6.07, 6.45) is 4.67. The number of nitrogens with one attached hydrogen (secondary N) is 4. The number of carbonyl (C=O) groups is 4. The maximum absolute atomic E-state index is 13.2. The van der Waals surface area contributed by atoms with E-state index in [1.165, 1.54) is 51.7 Å². The molecule has 0 aliphatic rings. The van der Waals surface area contributed by atoms with Crippen molar-refractivity contribution in [1.29, 1.82) is 0 Å². The number of nitrogens with two attached hydrogens (primary N) is 2. The number of halogens is 2. The number of hydrogen-bond donors (Lipinski definition) is 6. The molecule has 0 unspecified atom stereocenters. The molecule has 4 heterocycles. The summed E-state index contributed by atoms with van der Waals surface area (Å²) in [5.74, 6) is -2.40. The summed E-state index contributed by atoms with van der Waals surface area (Å²) in [7, 11) is 4.88. The lowest BCUT2D eigenvalue weighted by molar-refractivity contribution is -0.383. The van der Waals surface area contributed by atoms with Gasteiger partial charge < -0.3 is 50.9 Å². The van der Waals surface area contributed by atoms with Gasteiger partial charge in [0.15, 0.2) is 11.7 Å². The first-order valence-corrected chi connectivity index (χ1v) is 14.2. The van der Waals surface area contributed by atoms with Crippen molar-refractivity contribution in [2.75, 3.05) is 29.0 Å². The first-order valence-electron chi connectivity index (χ1n) is 14.2. The van der Waals surface area contributed by atoms with E-state index in [2.05, 4.69) is 26.3 Å². The summed E-state index contributed by atoms with van der Waals surface area (Å²) in [5.41, 5.74) is 12.0. The van der Waals surface area contributed by atoms with Crippen molar-refractivity contribution in [1.82, 2.24) is 19.0 Å². The molecule has 0 saturated heterocycles. The van der Waals surface area contributed by atoms with Gasteiger partial charge in [-0.1, -0.05) is 6.07 Å². The highest BCUT2D eigenvalue weighted by Crippen LogP contribution is 2.29. The van der Waals surface area contributed by atoms with Crippen LogP contribution in [-0.4, -0.2) is 61.3 Å². The number of benzene rings is 1. The molecule has 0 saturated carbocycles. The Morgan fingerprint density at radius 1 is 0.840 bits per heavy atom. The van der Waals surface area contributed by atoms with Crippen molar-refractivity contribution in [3.8, 4) is 0 Å². The van der Waals surface area contributed by atoms with E-state index < -0.39 is 28.6 Å². The van der Waals surface area contributed by atoms with E-state index in [1.54, 1.807) is 44.2 Å². The minimum Gasteiger partial charge on any atom is -0.451 e. The quantitative estimate of drug-likeness (QED) is 0.0384. The summed E-state index contributed by atoms with van der Waals surface area (Å²) >= 11 is 0. The molecule has 8 N–H and O–H groups in total. The number of nitro benzene ring substituents is 1. The summed E-state index contributed by atoms with van der Waals surface area (Å²) in [6.45, 7) is 0.368. The van der Waals surface area contributed by atoms with Gasteiger partial charge in [0.1, 0.15) is 22.7 Å². The van der Waals surface area contributed by atoms with Crippen molar-refractivity contribution in [3.05, 3.63) is 94.0 Å². The molecule has 5 rings (SSSR count). The molecular formula is C30H33Cl2N11O7. The summed E-state index contributed by atoms with van der Waals surface area (Å²) < 4.78 is 10.1. The van der Waals surface area contributed by atoms with Crippen LogP contribution in [0.2, 0.25) is 0 Å². The number of amides is 4. The molecule has 0 fully saturated rings. The lowest BCUT2D eigenvalue weighted by Crippen LogP contribution is -2.30. The Morgan fingerprint density at radius 3 is 2.04 bits per heavy atom. The smallest absolute Gasteiger partial charge is 0.291 e. The van der Waals surface area contributed by atoms with Crippen LogP contribution in [0.1, 0.15) is 42.0 Å². The number of fused-ring (bicyclic) bond motifs is 1. The lowest BCUT2D eigenvalue weighted by atomic mass is 10.2. The highest BCUT2D eigenvalue weighted by Gasteiger charge is 2.22. The van der Waals surface area contributed by atoms with Gasteiger partial charge in [0.25, 0.3) is 29.3 Å². The zero-order chi connectivity index (χ0) is 34.7. The maximum atomic E-state index is 13.2. The second-order valence-electron chi connectivity index (χ2n) is 10.6. The molecule has 50 heavy (non-hydrogen) atoms. The number of anilines is 3. The molecular weight excluding hydrogens is 697 g/mol. The zero-order valence-electron chi connectivity index (χ0n) is 26.8. The fraction of sp³-hybridized carbons (Fsp3) is 0.167. The van der Waals surface area contributed by atoms with Crippen LogP contribution in [-0.2, 0) is 21.1 Å². The van der Waals surface area contributed by atoms with Gasteiger partial charge in [-0.25, -0.2) is 0 Å². The van der Waals surface area contributed by atoms with E-state index in [0.29, 0.717) is 5.69 Å². The molecule has 20 heteroatoms. The SMILES string of the molecule is Cl.Cl.Cn1cc(NC(=O)c2cc3c([N+](=O)[O-])cccc3o2)cc1C(=O)Nc1cc(C(=O)Nc2ccn(C)c2C(=O)NCCN=C(N)N)n(C)c1. The standard InChI is InChI=1S/C30H31N11O7.2ClH/c1-38-10-7-19(25(38)29(45)33-8-9-34-30(31)32)37-27(43)22-11-16(14-40(22)3)35-26(42)21-12-17(15-39(21)2)36-28(44)24-13-18-20(41(46)47)5-4-6-23(18)48-24;;/h4-7,10-15H,8-9H2,1-3H3,(H,33,45)(H,35,42)(H,36,44)(H,37,43)(H4,31,32,34);2*1H. The molecule has 5 aromatic rings. The van der Waals surface area contributed by atoms with Gasteiger partial charge in [0, 0.05) is 58.4 Å². The summed E-state index contributed by atoms with van der Waals surface area (Å²) in [6, 6.07) is 10.1. The number of carbonyl (C=O) groups excluding carboxylic acids is 4. The minimum absolute atomic E-state index is 0. The third-order valence-electron chi connectivity index (χ3n) is 7.18. The molecule has 0 bridgehead atoms. The van der Waals surface area contributed by atoms with Crippen LogP contribution in [0.3, 0.4) is 0 Å². The number of nitro groups is 1. The number of aliphatic imine (C=N–C) groups is 1. The van der Waals surface area contributed by atoms with Crippen molar-refractivity contribution in [2.24, 2.45) is 37.6 Å². The van der Waals surface area contributed by atoms with E-state index >= 15 is 0 Å². The van der Waals surface area contributed by atoms with Gasteiger partial charge in [0.05, 0.1) is 33.9 Å². The van der Waals surface area contributed by atoms with Gasteiger partial charge >= 0.3 is 0 Å². The van der Waals surface area contributed by atoms with E-state index in [1.807, 2.05) is 0 Å². The van der Waals surface area contributed by atoms with Gasteiger partial charge in [-0.05, 0) is 24.3 Å². The second-order valence-corrected chi connectivity index (χ2v) is 10.6. The summed E-state index contributed by atoms with van der Waals surface area (Å²) in [4.78, 5) is 66.6. The molecule has 18 nitrogen and oxygen atoms in total. The molecule has 0 aliphatic carbocycles. The van der Waals surface area contributed by atoms with Crippen LogP contribution in [0.25, 0.3) is 11.0 Å². The van der Waals surface area contributed by atoms with E-state index in [9.17, 15) is 29.3 Å². The zero-order valence-corrected chi connectivity index (χ0v) is 28.4. The topological polar surface area (TPSA) is 252 Å². The number of furan rings is 1. The molecule has 0 spiro atoms. The number of hydrogen-bond acceptors (Lipinski definition) is 8. The van der Waals surface area contributed by atoms with Crippen LogP contribution >= 0.6 is 24.8 Å². The molecule has 0 atom stereocenters. The number of aryl methyl sites for hydroxylation is 3. The third kappa shape index (κ3) is 8.23. The van der Waals surface area contributed by atoms with Gasteiger partial charge in [-0.15, -0.1) is 24.8 Å². The van der Waals surface area contributed by atoms with Crippen molar-refractivity contribution in [2.45, 2.75) is 0 Å². The summed E-state index contributed by atoms with van der Waals surface area (Å²) in [5, 5.41) is 22.3. The van der Waals surface area contributed by atoms with Crippen molar-refractivity contribution < 1.29 is 28.5 Å². The third-order valence-corrected chi connectivity index (χ3v) is 7.18. The predicted octanol–water partition coefficient (Wildman–Crippen LogP) is 2.96. The molecule has 0 radical (unpaired) electrons. The van der Waals surface area contributed by atoms with E-state index in [4.69, 9.17) is 15.9 Å². The highest BCUT2D eigenvalue weighted by atomic mass is 35.5. The van der Waals surface area contributed by atoms with Gasteiger partial charge in [0.2, 0.25) is 0 Å². The van der Waals surface area contributed by atoms with Gasteiger partial charge in [-0.2, -0.15) is 0 Å². The maximum Gasteiger partial charge on any atom is 0.291 e. The number of non-ortho nitro benzene ring substituents is 1. The predicted molar refractivity (Wildman–Crippen MR) is 190 cm³/mol. The minimum atomic E-state index is -0.665. The Balaban J connectivity index is 0.00000338. The molecule has 0 aliphatic heterocycles. The molecule has 264 valence electrons. The van der Waals surface area contributed by atoms with Crippen LogP contribution < -0.4 is 32.7 Å². The first kappa shape index (κ1) is 38.2. The number of nitrogens with zero attached hydrogens (tertiary/aromatic N) is 5. The molecule has 4 aromatic heterocycles. The molecule has 1 aromatic carbocycles. The van der Waals surface area contributed by atoms with E-state index in [-0.39, 0.29) is 94.7 Å². The van der Waals surface area contributed by atoms with Crippen molar-refractivity contribution in [3.63, 3.8) is 0 Å². The second kappa shape index (κ2) is 15.8. The van der Waals surface area contributed by atoms with Crippen LogP contribution in [0.5, 0.6) is 0 Å². The van der Waals surface area contributed by atoms with Crippen molar-refractivity contribution >= 4 is 88.1 Å². The number of guanidine groups is 1. The van der Waals surface area contributed by atoms with E-state index in [0.717, 1.165) is 0 Å². The Hall–Kier alpha value is -6.27. The monoisotopic (exact) mass is 729 g/mol. The van der Waals surface area contributed by atoms with Gasteiger partial charge in [-0.3, -0.25) is 34.3 Å². The fourth-order valence-corrected chi connectivity index (χ4v) is 4.96. The molecule has 4 amide bonds. The number of rotatable bonds is 11. The van der Waals surface area contributed by atoms with Crippen LogP contribution in [0.4, 0.5) is 22.7 Å². The average Bonchev–Trinajstić information content (AvgIpc) is 3.80. The van der Waals surface area contributed by atoms with Crippen LogP contribution in [0, 0.1) is 10.1 Å². The Bertz CT molecular complexity index is 2120. The Kier molecular flexibility index (Phi) is 12.0. The number of aromatic nitrogens is 3. The van der Waals surface area contributed by atoms with Crippen LogP contribution in [0.15, 0.2) is 70.5 Å². The average molecular weight is 731 g/mol. The lowest BCUT2D eigenvalue weighted by Gasteiger charge is -2.10.